The lowest BCUT2D eigenvalue weighted by molar-refractivity contribution is 0.395. The van der Waals surface area contributed by atoms with Gasteiger partial charge >= 0.3 is 13.6 Å². The van der Waals surface area contributed by atoms with Crippen LogP contribution in [0.3, 0.4) is 0 Å². The first kappa shape index (κ1) is 22.5. The smallest absolute Gasteiger partial charge is 0.317 e. The highest BCUT2D eigenvalue weighted by Crippen LogP contribution is 2.39. The van der Waals surface area contributed by atoms with Crippen LogP contribution in [0.25, 0.3) is 0 Å². The SMILES string of the molecule is CCc1ccccc1CC.O=P(O)(O)S.O=P(O)(O)S. The Hall–Kier alpha value is 0.220. The van der Waals surface area contributed by atoms with E-state index in [9.17, 15) is 9.13 Å². The molecule has 1 aromatic rings. The van der Waals surface area contributed by atoms with Gasteiger partial charge in [0.25, 0.3) is 0 Å². The molecule has 0 aliphatic rings. The van der Waals surface area contributed by atoms with E-state index in [2.05, 4.69) is 62.6 Å². The third-order valence-corrected chi connectivity index (χ3v) is 1.88. The maximum atomic E-state index is 9.19. The highest BCUT2D eigenvalue weighted by Gasteiger charge is 1.98. The van der Waals surface area contributed by atoms with Gasteiger partial charge in [-0.1, -0.05) is 62.6 Å². The largest absolute Gasteiger partial charge is 0.380 e. The molecule has 0 amide bonds. The van der Waals surface area contributed by atoms with Crippen molar-refractivity contribution in [1.29, 1.82) is 0 Å². The van der Waals surface area contributed by atoms with Gasteiger partial charge in [-0.05, 0) is 24.0 Å². The molecule has 0 saturated heterocycles. The molecule has 0 spiro atoms. The Balaban J connectivity index is 0. The molecule has 10 heteroatoms. The van der Waals surface area contributed by atoms with Crippen LogP contribution in [0.2, 0.25) is 0 Å². The molecule has 20 heavy (non-hydrogen) atoms. The van der Waals surface area contributed by atoms with E-state index >= 15 is 0 Å². The predicted octanol–water partition coefficient (Wildman–Crippen LogP) is 2.83. The lowest BCUT2D eigenvalue weighted by atomic mass is 10.0. The first-order valence-electron chi connectivity index (χ1n) is 5.51. The van der Waals surface area contributed by atoms with Crippen LogP contribution in [-0.2, 0) is 22.0 Å². The Morgan fingerprint density at radius 2 is 1.05 bits per heavy atom. The van der Waals surface area contributed by atoms with E-state index in [1.807, 2.05) is 0 Å². The average Bonchev–Trinajstić information content (AvgIpc) is 2.24. The van der Waals surface area contributed by atoms with Crippen molar-refractivity contribution < 1.29 is 28.7 Å². The van der Waals surface area contributed by atoms with Crippen LogP contribution in [-0.4, -0.2) is 19.6 Å². The maximum Gasteiger partial charge on any atom is 0.380 e. The minimum absolute atomic E-state index is 1.16. The first-order chi connectivity index (χ1) is 8.88. The lowest BCUT2D eigenvalue weighted by Gasteiger charge is -2.02. The molecule has 1 aromatic carbocycles. The van der Waals surface area contributed by atoms with Crippen molar-refractivity contribution in [2.45, 2.75) is 26.7 Å². The number of hydrogen-bond acceptors (Lipinski definition) is 2. The van der Waals surface area contributed by atoms with Crippen LogP contribution in [0.5, 0.6) is 0 Å². The molecule has 0 radical (unpaired) electrons. The quantitative estimate of drug-likeness (QED) is 0.356. The van der Waals surface area contributed by atoms with Gasteiger partial charge in [0, 0.05) is 0 Å². The Morgan fingerprint density at radius 3 is 1.20 bits per heavy atom. The van der Waals surface area contributed by atoms with Gasteiger partial charge < -0.3 is 19.6 Å². The van der Waals surface area contributed by atoms with Crippen LogP contribution in [0.15, 0.2) is 24.3 Å². The van der Waals surface area contributed by atoms with Crippen molar-refractivity contribution in [1.82, 2.24) is 0 Å². The number of aryl methyl sites for hydroxylation is 2. The summed E-state index contributed by atoms with van der Waals surface area (Å²) in [6.45, 7) is -3.48. The van der Waals surface area contributed by atoms with Crippen LogP contribution < -0.4 is 0 Å². The van der Waals surface area contributed by atoms with Gasteiger partial charge in [-0.25, -0.2) is 9.13 Å². The topological polar surface area (TPSA) is 115 Å². The summed E-state index contributed by atoms with van der Waals surface area (Å²) in [7, 11) is 0. The van der Waals surface area contributed by atoms with E-state index in [4.69, 9.17) is 19.6 Å². The van der Waals surface area contributed by atoms with Gasteiger partial charge in [-0.15, -0.1) is 0 Å². The van der Waals surface area contributed by atoms with Crippen LogP contribution >= 0.6 is 38.1 Å². The van der Waals surface area contributed by atoms with Crippen molar-refractivity contribution in [2.75, 3.05) is 0 Å². The lowest BCUT2D eigenvalue weighted by Crippen LogP contribution is -1.88. The summed E-state index contributed by atoms with van der Waals surface area (Å²) < 4.78 is 18.4. The van der Waals surface area contributed by atoms with Gasteiger partial charge in [0.05, 0.1) is 0 Å². The predicted molar refractivity (Wildman–Crippen MR) is 87.3 cm³/mol. The second kappa shape index (κ2) is 10.9. The second-order valence-corrected chi connectivity index (χ2v) is 8.68. The van der Waals surface area contributed by atoms with E-state index in [0.29, 0.717) is 0 Å². The van der Waals surface area contributed by atoms with Crippen LogP contribution in [0.4, 0.5) is 0 Å². The molecule has 0 heterocycles. The molecular formula is C10H20O6P2S2. The number of thiol groups is 2. The van der Waals surface area contributed by atoms with E-state index in [-0.39, 0.29) is 0 Å². The fraction of sp³-hybridized carbons (Fsp3) is 0.400. The van der Waals surface area contributed by atoms with Crippen LogP contribution in [0, 0.1) is 0 Å². The molecule has 6 nitrogen and oxygen atoms in total. The minimum Gasteiger partial charge on any atom is -0.317 e. The first-order valence-corrected chi connectivity index (χ1v) is 11.0. The van der Waals surface area contributed by atoms with Crippen LogP contribution in [0.1, 0.15) is 25.0 Å². The molecule has 118 valence electrons. The van der Waals surface area contributed by atoms with Crippen molar-refractivity contribution in [3.05, 3.63) is 35.4 Å². The normalized spacial score (nSPS) is 10.8. The molecule has 0 fully saturated rings. The summed E-state index contributed by atoms with van der Waals surface area (Å²) in [4.78, 5) is 30.0. The average molecular weight is 362 g/mol. The molecule has 0 aliphatic heterocycles. The molecule has 0 aromatic heterocycles. The molecule has 4 N–H and O–H groups in total. The van der Waals surface area contributed by atoms with Crippen molar-refractivity contribution in [3.8, 4) is 0 Å². The summed E-state index contributed by atoms with van der Waals surface area (Å²) in [6, 6.07) is 8.63. The Morgan fingerprint density at radius 1 is 0.850 bits per heavy atom. The maximum absolute atomic E-state index is 9.19. The van der Waals surface area contributed by atoms with Gasteiger partial charge in [-0.2, -0.15) is 0 Å². The summed E-state index contributed by atoms with van der Waals surface area (Å²) in [5, 5.41) is 0. The summed E-state index contributed by atoms with van der Waals surface area (Å²) in [5.74, 6) is 0. The van der Waals surface area contributed by atoms with Crippen molar-refractivity contribution >= 4 is 38.1 Å². The van der Waals surface area contributed by atoms with E-state index in [1.165, 1.54) is 11.1 Å². The van der Waals surface area contributed by atoms with Gasteiger partial charge in [0.15, 0.2) is 0 Å². The van der Waals surface area contributed by atoms with E-state index in [0.717, 1.165) is 12.8 Å². The highest BCUT2D eigenvalue weighted by molar-refractivity contribution is 8.44. The summed E-state index contributed by atoms with van der Waals surface area (Å²) in [5.41, 5.74) is 2.98. The summed E-state index contributed by atoms with van der Waals surface area (Å²) >= 11 is 5.58. The Labute approximate surface area is 129 Å². The standard InChI is InChI=1S/C10H14.2H3O3PS/c1-3-9-7-5-6-8-10(9)4-2;2*1-4(2,3)5/h5-8H,3-4H2,1-2H3;2*(H3,1,2,3,5). The molecule has 0 aliphatic carbocycles. The van der Waals surface area contributed by atoms with Gasteiger partial charge in [0.2, 0.25) is 0 Å². The monoisotopic (exact) mass is 362 g/mol. The molecule has 0 unspecified atom stereocenters. The Bertz CT molecular complexity index is 411. The zero-order valence-corrected chi connectivity index (χ0v) is 14.7. The highest BCUT2D eigenvalue weighted by atomic mass is 32.7. The van der Waals surface area contributed by atoms with Gasteiger partial charge in [-0.3, -0.25) is 0 Å². The zero-order chi connectivity index (χ0) is 16.4. The third-order valence-electron chi connectivity index (χ3n) is 1.88. The molecule has 1 rings (SSSR count). The third kappa shape index (κ3) is 23.3. The number of hydrogen-bond donors (Lipinski definition) is 6. The van der Waals surface area contributed by atoms with Gasteiger partial charge in [0.1, 0.15) is 0 Å². The fourth-order valence-corrected chi connectivity index (χ4v) is 1.25. The minimum atomic E-state index is -3.94. The Kier molecular flexibility index (Phi) is 12.2. The number of benzene rings is 1. The van der Waals surface area contributed by atoms with E-state index in [1.54, 1.807) is 0 Å². The zero-order valence-electron chi connectivity index (χ0n) is 11.1. The fourth-order valence-electron chi connectivity index (χ4n) is 1.25. The van der Waals surface area contributed by atoms with Crippen molar-refractivity contribution in [3.63, 3.8) is 0 Å². The number of rotatable bonds is 2. The molecular weight excluding hydrogens is 342 g/mol. The van der Waals surface area contributed by atoms with E-state index < -0.39 is 13.6 Å². The molecule has 0 saturated carbocycles. The second-order valence-electron chi connectivity index (χ2n) is 3.50. The molecule has 0 bridgehead atoms. The van der Waals surface area contributed by atoms with Crippen molar-refractivity contribution in [2.24, 2.45) is 0 Å². The summed E-state index contributed by atoms with van der Waals surface area (Å²) in [6.07, 6.45) is 2.31. The molecule has 0 atom stereocenters.